The van der Waals surface area contributed by atoms with Gasteiger partial charge in [-0.1, -0.05) is 6.92 Å². The topological polar surface area (TPSA) is 74.8 Å². The molecule has 26 heavy (non-hydrogen) atoms. The van der Waals surface area contributed by atoms with Gasteiger partial charge in [0.2, 0.25) is 5.91 Å². The summed E-state index contributed by atoms with van der Waals surface area (Å²) >= 11 is 0. The number of benzene rings is 1. The van der Waals surface area contributed by atoms with Crippen molar-refractivity contribution in [2.45, 2.75) is 59.6 Å². The van der Waals surface area contributed by atoms with Gasteiger partial charge in [0.25, 0.3) is 0 Å². The number of hydrogen-bond acceptors (Lipinski definition) is 3. The van der Waals surface area contributed by atoms with Crippen LogP contribution in [-0.2, 0) is 4.79 Å². The van der Waals surface area contributed by atoms with Gasteiger partial charge in [-0.25, -0.2) is 4.99 Å². The van der Waals surface area contributed by atoms with E-state index >= 15 is 0 Å². The summed E-state index contributed by atoms with van der Waals surface area (Å²) in [4.78, 5) is 16.3. The monoisotopic (exact) mass is 476 g/mol. The number of halogens is 1. The molecule has 0 saturated heterocycles. The van der Waals surface area contributed by atoms with Crippen molar-refractivity contribution in [3.05, 3.63) is 24.3 Å². The van der Waals surface area contributed by atoms with E-state index in [0.717, 1.165) is 24.4 Å². The van der Waals surface area contributed by atoms with E-state index in [9.17, 15) is 4.79 Å². The van der Waals surface area contributed by atoms with E-state index in [-0.39, 0.29) is 48.1 Å². The lowest BCUT2D eigenvalue weighted by atomic mass is 10.1. The number of ether oxygens (including phenoxy) is 1. The SMILES string of the molecule is CCCNC(=NCC(=O)NC(C)(C)C)Nc1ccc(OC(C)C)cc1.I. The number of amides is 1. The number of guanidine groups is 1. The van der Waals surface area contributed by atoms with Gasteiger partial charge in [0.1, 0.15) is 12.3 Å². The lowest BCUT2D eigenvalue weighted by Crippen LogP contribution is -2.42. The van der Waals surface area contributed by atoms with Crippen LogP contribution >= 0.6 is 24.0 Å². The predicted octanol–water partition coefficient (Wildman–Crippen LogP) is 3.77. The second-order valence-corrected chi connectivity index (χ2v) is 7.21. The fraction of sp³-hybridized carbons (Fsp3) is 0.579. The molecule has 7 heteroatoms. The highest BCUT2D eigenvalue weighted by atomic mass is 127. The molecule has 0 spiro atoms. The van der Waals surface area contributed by atoms with Crippen LogP contribution in [0.2, 0.25) is 0 Å². The zero-order chi connectivity index (χ0) is 18.9. The summed E-state index contributed by atoms with van der Waals surface area (Å²) in [5.41, 5.74) is 0.623. The van der Waals surface area contributed by atoms with Gasteiger partial charge in [0, 0.05) is 17.8 Å². The zero-order valence-corrected chi connectivity index (χ0v) is 19.0. The Morgan fingerprint density at radius 3 is 2.31 bits per heavy atom. The molecule has 0 aliphatic carbocycles. The minimum Gasteiger partial charge on any atom is -0.491 e. The van der Waals surface area contributed by atoms with Crippen molar-refractivity contribution in [2.75, 3.05) is 18.4 Å². The molecule has 1 aromatic carbocycles. The highest BCUT2D eigenvalue weighted by Crippen LogP contribution is 2.16. The molecule has 0 fully saturated rings. The number of carbonyl (C=O) groups excluding carboxylic acids is 1. The molecular formula is C19H33IN4O2. The van der Waals surface area contributed by atoms with Gasteiger partial charge in [0.15, 0.2) is 5.96 Å². The molecule has 0 aliphatic rings. The molecule has 0 unspecified atom stereocenters. The van der Waals surface area contributed by atoms with E-state index in [4.69, 9.17) is 4.74 Å². The molecule has 1 aromatic rings. The maximum atomic E-state index is 11.9. The van der Waals surface area contributed by atoms with Gasteiger partial charge in [-0.3, -0.25) is 4.79 Å². The van der Waals surface area contributed by atoms with Crippen LogP contribution in [-0.4, -0.2) is 36.6 Å². The van der Waals surface area contributed by atoms with Crippen LogP contribution in [0.1, 0.15) is 48.0 Å². The van der Waals surface area contributed by atoms with Gasteiger partial charge in [-0.2, -0.15) is 0 Å². The quantitative estimate of drug-likeness (QED) is 0.318. The lowest BCUT2D eigenvalue weighted by Gasteiger charge is -2.20. The normalized spacial score (nSPS) is 11.6. The van der Waals surface area contributed by atoms with E-state index in [1.54, 1.807) is 0 Å². The van der Waals surface area contributed by atoms with Crippen LogP contribution in [0.4, 0.5) is 5.69 Å². The summed E-state index contributed by atoms with van der Waals surface area (Å²) in [7, 11) is 0. The fourth-order valence-electron chi connectivity index (χ4n) is 2.02. The third-order valence-electron chi connectivity index (χ3n) is 2.93. The predicted molar refractivity (Wildman–Crippen MR) is 120 cm³/mol. The summed E-state index contributed by atoms with van der Waals surface area (Å²) in [6, 6.07) is 7.67. The number of carbonyl (C=O) groups is 1. The molecule has 0 aromatic heterocycles. The standard InChI is InChI=1S/C19H32N4O2.HI/c1-7-12-20-18(21-13-17(24)23-19(4,5)6)22-15-8-10-16(11-9-15)25-14(2)3;/h8-11,14H,7,12-13H2,1-6H3,(H,23,24)(H2,20,21,22);1H. The molecule has 0 radical (unpaired) electrons. The van der Waals surface area contributed by atoms with E-state index in [1.807, 2.05) is 58.9 Å². The molecule has 0 aliphatic heterocycles. The van der Waals surface area contributed by atoms with Crippen LogP contribution in [0.15, 0.2) is 29.3 Å². The van der Waals surface area contributed by atoms with Gasteiger partial charge >= 0.3 is 0 Å². The minimum absolute atomic E-state index is 0. The van der Waals surface area contributed by atoms with E-state index in [1.165, 1.54) is 0 Å². The third kappa shape index (κ3) is 11.2. The summed E-state index contributed by atoms with van der Waals surface area (Å²) in [5, 5.41) is 9.33. The van der Waals surface area contributed by atoms with Crippen molar-refractivity contribution >= 4 is 41.5 Å². The molecule has 3 N–H and O–H groups in total. The van der Waals surface area contributed by atoms with Crippen molar-refractivity contribution in [3.8, 4) is 5.75 Å². The Labute approximate surface area is 174 Å². The molecule has 0 saturated carbocycles. The summed E-state index contributed by atoms with van der Waals surface area (Å²) in [5.74, 6) is 1.30. The second-order valence-electron chi connectivity index (χ2n) is 7.21. The maximum absolute atomic E-state index is 11.9. The van der Waals surface area contributed by atoms with Gasteiger partial charge in [-0.15, -0.1) is 24.0 Å². The molecule has 0 heterocycles. The van der Waals surface area contributed by atoms with E-state index < -0.39 is 0 Å². The molecule has 6 nitrogen and oxygen atoms in total. The number of nitrogens with one attached hydrogen (secondary N) is 3. The van der Waals surface area contributed by atoms with Crippen LogP contribution < -0.4 is 20.7 Å². The Hall–Kier alpha value is -1.51. The van der Waals surface area contributed by atoms with Crippen molar-refractivity contribution in [1.82, 2.24) is 10.6 Å². The molecule has 1 rings (SSSR count). The number of rotatable bonds is 7. The molecule has 0 atom stereocenters. The Morgan fingerprint density at radius 2 is 1.81 bits per heavy atom. The number of aliphatic imine (C=N–C) groups is 1. The Balaban J connectivity index is 0.00000625. The summed E-state index contributed by atoms with van der Waals surface area (Å²) in [6.45, 7) is 12.8. The Morgan fingerprint density at radius 1 is 1.19 bits per heavy atom. The number of anilines is 1. The lowest BCUT2D eigenvalue weighted by molar-refractivity contribution is -0.121. The first-order valence-corrected chi connectivity index (χ1v) is 8.82. The second kappa shape index (κ2) is 12.0. The highest BCUT2D eigenvalue weighted by Gasteiger charge is 2.13. The van der Waals surface area contributed by atoms with Crippen LogP contribution in [0, 0.1) is 0 Å². The first kappa shape index (κ1) is 24.5. The zero-order valence-electron chi connectivity index (χ0n) is 16.7. The Bertz CT molecular complexity index is 566. The molecular weight excluding hydrogens is 443 g/mol. The van der Waals surface area contributed by atoms with Crippen molar-refractivity contribution in [3.63, 3.8) is 0 Å². The Kier molecular flexibility index (Phi) is 11.3. The van der Waals surface area contributed by atoms with Crippen molar-refractivity contribution in [1.29, 1.82) is 0 Å². The minimum atomic E-state index is -0.261. The first-order chi connectivity index (χ1) is 11.7. The average Bonchev–Trinajstić information content (AvgIpc) is 2.49. The first-order valence-electron chi connectivity index (χ1n) is 8.82. The largest absolute Gasteiger partial charge is 0.491 e. The smallest absolute Gasteiger partial charge is 0.242 e. The van der Waals surface area contributed by atoms with Crippen molar-refractivity contribution < 1.29 is 9.53 Å². The van der Waals surface area contributed by atoms with Gasteiger partial charge in [0.05, 0.1) is 6.10 Å². The fourth-order valence-corrected chi connectivity index (χ4v) is 2.02. The van der Waals surface area contributed by atoms with Crippen LogP contribution in [0.25, 0.3) is 0 Å². The molecule has 148 valence electrons. The van der Waals surface area contributed by atoms with Gasteiger partial charge < -0.3 is 20.7 Å². The summed E-state index contributed by atoms with van der Waals surface area (Å²) < 4.78 is 5.64. The molecule has 0 bridgehead atoms. The van der Waals surface area contributed by atoms with Gasteiger partial charge in [-0.05, 0) is 65.3 Å². The average molecular weight is 476 g/mol. The number of hydrogen-bond donors (Lipinski definition) is 3. The van der Waals surface area contributed by atoms with Crippen LogP contribution in [0.3, 0.4) is 0 Å². The third-order valence-corrected chi connectivity index (χ3v) is 2.93. The highest BCUT2D eigenvalue weighted by molar-refractivity contribution is 14.0. The van der Waals surface area contributed by atoms with Crippen molar-refractivity contribution in [2.24, 2.45) is 4.99 Å². The van der Waals surface area contributed by atoms with E-state index in [0.29, 0.717) is 5.96 Å². The maximum Gasteiger partial charge on any atom is 0.242 e. The van der Waals surface area contributed by atoms with Crippen LogP contribution in [0.5, 0.6) is 5.75 Å². The van der Waals surface area contributed by atoms with E-state index in [2.05, 4.69) is 27.9 Å². The molecule has 1 amide bonds. The summed E-state index contributed by atoms with van der Waals surface area (Å²) in [6.07, 6.45) is 1.11. The number of nitrogens with zero attached hydrogens (tertiary/aromatic N) is 1.